The number of benzene rings is 2. The Labute approximate surface area is 163 Å². The van der Waals surface area contributed by atoms with Crippen LogP contribution >= 0.6 is 11.6 Å². The van der Waals surface area contributed by atoms with Crippen molar-refractivity contribution in [1.29, 1.82) is 0 Å². The largest absolute Gasteiger partial charge is 0.354 e. The molecule has 0 aliphatic heterocycles. The van der Waals surface area contributed by atoms with E-state index in [9.17, 15) is 4.79 Å². The van der Waals surface area contributed by atoms with E-state index in [1.165, 1.54) is 5.56 Å². The minimum absolute atomic E-state index is 0.221. The highest BCUT2D eigenvalue weighted by Gasteiger charge is 2.09. The van der Waals surface area contributed by atoms with Gasteiger partial charge in [-0.2, -0.15) is 0 Å². The van der Waals surface area contributed by atoms with Crippen molar-refractivity contribution in [1.82, 2.24) is 15.3 Å². The molecule has 27 heavy (non-hydrogen) atoms. The van der Waals surface area contributed by atoms with Crippen molar-refractivity contribution in [2.45, 2.75) is 19.9 Å². The minimum atomic E-state index is -0.221. The lowest BCUT2D eigenvalue weighted by atomic mass is 10.1. The summed E-state index contributed by atoms with van der Waals surface area (Å²) in [4.78, 5) is 20.8. The lowest BCUT2D eigenvalue weighted by Crippen LogP contribution is -2.24. The van der Waals surface area contributed by atoms with Gasteiger partial charge in [0.05, 0.1) is 0 Å². The summed E-state index contributed by atoms with van der Waals surface area (Å²) >= 11 is 5.89. The fourth-order valence-corrected chi connectivity index (χ4v) is 2.74. The number of amides is 1. The van der Waals surface area contributed by atoms with Crippen LogP contribution in [0.2, 0.25) is 5.02 Å². The highest BCUT2D eigenvalue weighted by molar-refractivity contribution is 6.30. The summed E-state index contributed by atoms with van der Waals surface area (Å²) in [5.74, 6) is 0.217. The number of hydrogen-bond acceptors (Lipinski definition) is 4. The van der Waals surface area contributed by atoms with Crippen LogP contribution in [0.5, 0.6) is 0 Å². The summed E-state index contributed by atoms with van der Waals surface area (Å²) in [6.07, 6.45) is 2.39. The molecule has 0 aliphatic rings. The number of carbonyl (C=O) groups is 1. The van der Waals surface area contributed by atoms with Gasteiger partial charge in [0.25, 0.3) is 5.91 Å². The van der Waals surface area contributed by atoms with Crippen LogP contribution in [0.3, 0.4) is 0 Å². The second-order valence-corrected chi connectivity index (χ2v) is 6.61. The van der Waals surface area contributed by atoms with E-state index in [-0.39, 0.29) is 5.91 Å². The van der Waals surface area contributed by atoms with Crippen LogP contribution < -0.4 is 10.6 Å². The number of aromatic nitrogens is 2. The first kappa shape index (κ1) is 18.9. The molecule has 3 rings (SSSR count). The second-order valence-electron chi connectivity index (χ2n) is 6.18. The maximum absolute atomic E-state index is 12.4. The molecule has 0 unspecified atom stereocenters. The van der Waals surface area contributed by atoms with Crippen LogP contribution in [0.4, 0.5) is 5.95 Å². The average molecular weight is 381 g/mol. The van der Waals surface area contributed by atoms with Crippen molar-refractivity contribution >= 4 is 23.5 Å². The average Bonchev–Trinajstić information content (AvgIpc) is 2.69. The Bertz CT molecular complexity index is 912. The SMILES string of the molecule is Cc1ccccc1CNC(=O)c1ccnc(NCCc2ccc(Cl)cc2)n1. The number of anilines is 1. The number of hydrogen-bond donors (Lipinski definition) is 2. The van der Waals surface area contributed by atoms with Gasteiger partial charge in [0.15, 0.2) is 0 Å². The predicted octanol–water partition coefficient (Wildman–Crippen LogP) is 4.02. The van der Waals surface area contributed by atoms with Crippen molar-refractivity contribution in [3.8, 4) is 0 Å². The molecule has 1 aromatic heterocycles. The number of rotatable bonds is 7. The Balaban J connectivity index is 1.53. The fourth-order valence-electron chi connectivity index (χ4n) is 2.61. The van der Waals surface area contributed by atoms with Gasteiger partial charge in [0.1, 0.15) is 5.69 Å². The zero-order valence-corrected chi connectivity index (χ0v) is 15.8. The topological polar surface area (TPSA) is 66.9 Å². The summed E-state index contributed by atoms with van der Waals surface area (Å²) < 4.78 is 0. The van der Waals surface area contributed by atoms with Crippen LogP contribution in [-0.4, -0.2) is 22.4 Å². The van der Waals surface area contributed by atoms with Gasteiger partial charge in [0.2, 0.25) is 5.95 Å². The lowest BCUT2D eigenvalue weighted by Gasteiger charge is -2.09. The summed E-state index contributed by atoms with van der Waals surface area (Å²) in [6, 6.07) is 17.3. The molecule has 0 atom stereocenters. The normalized spacial score (nSPS) is 10.4. The van der Waals surface area contributed by atoms with E-state index in [1.54, 1.807) is 12.3 Å². The molecule has 0 radical (unpaired) electrons. The molecule has 0 bridgehead atoms. The van der Waals surface area contributed by atoms with Gasteiger partial charge in [-0.05, 0) is 48.2 Å². The molecule has 1 amide bonds. The monoisotopic (exact) mass is 380 g/mol. The summed E-state index contributed by atoms with van der Waals surface area (Å²) in [6.45, 7) is 3.15. The van der Waals surface area contributed by atoms with E-state index >= 15 is 0 Å². The molecule has 0 fully saturated rings. The lowest BCUT2D eigenvalue weighted by molar-refractivity contribution is 0.0946. The molecule has 0 saturated heterocycles. The Morgan fingerprint density at radius 1 is 1.07 bits per heavy atom. The summed E-state index contributed by atoms with van der Waals surface area (Å²) in [5, 5.41) is 6.77. The number of aryl methyl sites for hydroxylation is 1. The maximum Gasteiger partial charge on any atom is 0.270 e. The van der Waals surface area contributed by atoms with Gasteiger partial charge in [0, 0.05) is 24.3 Å². The first-order valence-electron chi connectivity index (χ1n) is 8.76. The van der Waals surface area contributed by atoms with Crippen molar-refractivity contribution in [2.24, 2.45) is 0 Å². The molecule has 0 spiro atoms. The fraction of sp³-hybridized carbons (Fsp3) is 0.190. The Kier molecular flexibility index (Phi) is 6.39. The van der Waals surface area contributed by atoms with Gasteiger partial charge >= 0.3 is 0 Å². The highest BCUT2D eigenvalue weighted by atomic mass is 35.5. The van der Waals surface area contributed by atoms with Crippen LogP contribution in [0, 0.1) is 6.92 Å². The van der Waals surface area contributed by atoms with Crippen LogP contribution in [0.25, 0.3) is 0 Å². The van der Waals surface area contributed by atoms with Gasteiger partial charge in [-0.15, -0.1) is 0 Å². The minimum Gasteiger partial charge on any atom is -0.354 e. The van der Waals surface area contributed by atoms with E-state index in [4.69, 9.17) is 11.6 Å². The number of halogens is 1. The first-order valence-corrected chi connectivity index (χ1v) is 9.14. The Morgan fingerprint density at radius 3 is 2.63 bits per heavy atom. The van der Waals surface area contributed by atoms with Crippen LogP contribution in [0.1, 0.15) is 27.2 Å². The maximum atomic E-state index is 12.4. The van der Waals surface area contributed by atoms with E-state index in [1.807, 2.05) is 55.5 Å². The first-order chi connectivity index (χ1) is 13.1. The summed E-state index contributed by atoms with van der Waals surface area (Å²) in [7, 11) is 0. The smallest absolute Gasteiger partial charge is 0.270 e. The van der Waals surface area contributed by atoms with Crippen molar-refractivity contribution < 1.29 is 4.79 Å². The Morgan fingerprint density at radius 2 is 1.85 bits per heavy atom. The standard InChI is InChI=1S/C21H21ClN4O/c1-15-4-2-3-5-17(15)14-25-20(27)19-11-13-24-21(26-19)23-12-10-16-6-8-18(22)9-7-16/h2-9,11,13H,10,12,14H2,1H3,(H,25,27)(H,23,24,26). The van der Waals surface area contributed by atoms with Crippen molar-refractivity contribution in [3.05, 3.63) is 88.2 Å². The van der Waals surface area contributed by atoms with Crippen LogP contribution in [-0.2, 0) is 13.0 Å². The van der Waals surface area contributed by atoms with Gasteiger partial charge in [-0.1, -0.05) is 48.0 Å². The molecule has 0 aliphatic carbocycles. The molecule has 2 N–H and O–H groups in total. The van der Waals surface area contributed by atoms with E-state index in [0.29, 0.717) is 24.7 Å². The molecule has 6 heteroatoms. The molecular weight excluding hydrogens is 360 g/mol. The number of carbonyl (C=O) groups excluding carboxylic acids is 1. The molecular formula is C21H21ClN4O. The summed E-state index contributed by atoms with van der Waals surface area (Å²) in [5.41, 5.74) is 3.73. The van der Waals surface area contributed by atoms with Crippen molar-refractivity contribution in [2.75, 3.05) is 11.9 Å². The highest BCUT2D eigenvalue weighted by Crippen LogP contribution is 2.10. The molecule has 2 aromatic carbocycles. The third-order valence-electron chi connectivity index (χ3n) is 4.20. The zero-order valence-electron chi connectivity index (χ0n) is 15.1. The number of nitrogens with zero attached hydrogens (tertiary/aromatic N) is 2. The van der Waals surface area contributed by atoms with Gasteiger partial charge in [-0.3, -0.25) is 4.79 Å². The zero-order chi connectivity index (χ0) is 19.1. The van der Waals surface area contributed by atoms with Gasteiger partial charge in [-0.25, -0.2) is 9.97 Å². The third kappa shape index (κ3) is 5.53. The van der Waals surface area contributed by atoms with E-state index in [0.717, 1.165) is 22.6 Å². The van der Waals surface area contributed by atoms with Crippen LogP contribution in [0.15, 0.2) is 60.8 Å². The van der Waals surface area contributed by atoms with Crippen molar-refractivity contribution in [3.63, 3.8) is 0 Å². The predicted molar refractivity (Wildman–Crippen MR) is 108 cm³/mol. The molecule has 1 heterocycles. The van der Waals surface area contributed by atoms with Gasteiger partial charge < -0.3 is 10.6 Å². The molecule has 0 saturated carbocycles. The van der Waals surface area contributed by atoms with E-state index in [2.05, 4.69) is 20.6 Å². The second kappa shape index (κ2) is 9.14. The number of nitrogens with one attached hydrogen (secondary N) is 2. The third-order valence-corrected chi connectivity index (χ3v) is 4.45. The van der Waals surface area contributed by atoms with E-state index < -0.39 is 0 Å². The quantitative estimate of drug-likeness (QED) is 0.649. The Hall–Kier alpha value is -2.92. The molecule has 138 valence electrons. The molecule has 5 nitrogen and oxygen atoms in total. The molecule has 3 aromatic rings.